The van der Waals surface area contributed by atoms with Crippen LogP contribution in [0.3, 0.4) is 0 Å². The lowest BCUT2D eigenvalue weighted by atomic mass is 10.2. The lowest BCUT2D eigenvalue weighted by Gasteiger charge is -2.10. The van der Waals surface area contributed by atoms with Crippen LogP contribution in [-0.4, -0.2) is 17.4 Å². The van der Waals surface area contributed by atoms with Crippen molar-refractivity contribution in [3.63, 3.8) is 0 Å². The van der Waals surface area contributed by atoms with E-state index in [4.69, 9.17) is 16.3 Å². The average Bonchev–Trinajstić information content (AvgIpc) is 2.53. The van der Waals surface area contributed by atoms with Crippen LogP contribution in [0.5, 0.6) is 5.75 Å². The van der Waals surface area contributed by atoms with Gasteiger partial charge < -0.3 is 10.1 Å². The molecule has 2 rings (SSSR count). The van der Waals surface area contributed by atoms with Crippen molar-refractivity contribution in [2.45, 2.75) is 6.18 Å². The van der Waals surface area contributed by atoms with Gasteiger partial charge in [0.2, 0.25) is 0 Å². The number of halogens is 4. The largest absolute Gasteiger partial charge is 0.482 e. The molecule has 1 N–H and O–H groups in total. The molecule has 0 saturated carbocycles. The molecule has 0 bridgehead atoms. The van der Waals surface area contributed by atoms with Gasteiger partial charge in [0.25, 0.3) is 11.6 Å². The summed E-state index contributed by atoms with van der Waals surface area (Å²) in [7, 11) is 0. The van der Waals surface area contributed by atoms with Gasteiger partial charge in [-0.25, -0.2) is 0 Å². The molecule has 0 aromatic heterocycles. The second-order valence-corrected chi connectivity index (χ2v) is 5.19. The van der Waals surface area contributed by atoms with Crippen molar-refractivity contribution in [3.05, 3.63) is 63.2 Å². The molecule has 0 atom stereocenters. The van der Waals surface area contributed by atoms with Gasteiger partial charge in [-0.15, -0.1) is 0 Å². The minimum atomic E-state index is -4.46. The van der Waals surface area contributed by atoms with Gasteiger partial charge in [0.1, 0.15) is 5.75 Å². The number of ether oxygens (including phenoxy) is 1. The Bertz CT molecular complexity index is 794. The molecule has 0 aliphatic carbocycles. The quantitative estimate of drug-likeness (QED) is 0.625. The molecule has 132 valence electrons. The lowest BCUT2D eigenvalue weighted by Crippen LogP contribution is -2.20. The summed E-state index contributed by atoms with van der Waals surface area (Å²) < 4.78 is 42.5. The molecule has 10 heteroatoms. The summed E-state index contributed by atoms with van der Waals surface area (Å²) in [6.07, 6.45) is -4.46. The van der Waals surface area contributed by atoms with E-state index in [1.165, 1.54) is 6.07 Å². The first kappa shape index (κ1) is 18.5. The smallest absolute Gasteiger partial charge is 0.416 e. The van der Waals surface area contributed by atoms with Gasteiger partial charge in [0.05, 0.1) is 15.5 Å². The third-order valence-electron chi connectivity index (χ3n) is 2.98. The van der Waals surface area contributed by atoms with Gasteiger partial charge >= 0.3 is 6.18 Å². The molecule has 0 saturated heterocycles. The van der Waals surface area contributed by atoms with Gasteiger partial charge in [0.15, 0.2) is 6.61 Å². The highest BCUT2D eigenvalue weighted by Crippen LogP contribution is 2.30. The molecule has 0 fully saturated rings. The molecule has 1 amide bonds. The topological polar surface area (TPSA) is 81.5 Å². The van der Waals surface area contributed by atoms with Crippen LogP contribution in [0.25, 0.3) is 0 Å². The van der Waals surface area contributed by atoms with Crippen LogP contribution < -0.4 is 10.1 Å². The number of carbonyl (C=O) groups is 1. The van der Waals surface area contributed by atoms with E-state index in [-0.39, 0.29) is 22.1 Å². The predicted octanol–water partition coefficient (Wildman–Crippen LogP) is 4.28. The van der Waals surface area contributed by atoms with Gasteiger partial charge in [-0.1, -0.05) is 11.6 Å². The summed E-state index contributed by atoms with van der Waals surface area (Å²) in [5.41, 5.74) is -0.901. The van der Waals surface area contributed by atoms with Crippen LogP contribution in [-0.2, 0) is 11.0 Å². The summed E-state index contributed by atoms with van der Waals surface area (Å²) in [6.45, 7) is -0.474. The van der Waals surface area contributed by atoms with E-state index in [0.29, 0.717) is 0 Å². The maximum atomic E-state index is 12.4. The zero-order valence-corrected chi connectivity index (χ0v) is 13.1. The number of nitro groups is 1. The van der Waals surface area contributed by atoms with Crippen molar-refractivity contribution in [2.24, 2.45) is 0 Å². The summed E-state index contributed by atoms with van der Waals surface area (Å²) in [5.74, 6) is -0.566. The van der Waals surface area contributed by atoms with Crippen LogP contribution in [0.1, 0.15) is 5.56 Å². The van der Waals surface area contributed by atoms with Crippen LogP contribution >= 0.6 is 11.6 Å². The molecular formula is C15H10ClF3N2O4. The number of non-ortho nitro benzene ring substituents is 1. The fourth-order valence-electron chi connectivity index (χ4n) is 1.80. The molecule has 0 aliphatic rings. The van der Waals surface area contributed by atoms with Crippen LogP contribution in [0.15, 0.2) is 42.5 Å². The molecule has 0 heterocycles. The molecule has 2 aromatic rings. The summed E-state index contributed by atoms with van der Waals surface area (Å²) >= 11 is 5.81. The molecule has 2 aromatic carbocycles. The van der Waals surface area contributed by atoms with Crippen LogP contribution in [0.2, 0.25) is 5.02 Å². The Morgan fingerprint density at radius 2 is 1.84 bits per heavy atom. The number of carbonyl (C=O) groups excluding carboxylic acids is 1. The minimum absolute atomic E-state index is 0.0449. The fourth-order valence-corrected chi connectivity index (χ4v) is 2.03. The number of nitrogens with one attached hydrogen (secondary N) is 1. The Kier molecular flexibility index (Phi) is 5.48. The van der Waals surface area contributed by atoms with Gasteiger partial charge in [-0.2, -0.15) is 13.2 Å². The third-order valence-corrected chi connectivity index (χ3v) is 3.28. The van der Waals surface area contributed by atoms with Crippen molar-refractivity contribution in [2.75, 3.05) is 11.9 Å². The number of nitrogens with zero attached hydrogens (tertiary/aromatic N) is 1. The summed E-state index contributed by atoms with van der Waals surface area (Å²) in [5, 5.41) is 12.9. The van der Waals surface area contributed by atoms with Gasteiger partial charge in [-0.3, -0.25) is 14.9 Å². The average molecular weight is 375 g/mol. The molecule has 25 heavy (non-hydrogen) atoms. The van der Waals surface area contributed by atoms with E-state index in [1.54, 1.807) is 0 Å². The monoisotopic (exact) mass is 374 g/mol. The second-order valence-electron chi connectivity index (χ2n) is 4.78. The Morgan fingerprint density at radius 1 is 1.20 bits per heavy atom. The van der Waals surface area contributed by atoms with E-state index >= 15 is 0 Å². The molecule has 0 unspecified atom stereocenters. The summed E-state index contributed by atoms with van der Waals surface area (Å²) in [4.78, 5) is 21.7. The maximum absolute atomic E-state index is 12.4. The molecular weight excluding hydrogens is 365 g/mol. The van der Waals surface area contributed by atoms with E-state index in [9.17, 15) is 28.1 Å². The summed E-state index contributed by atoms with van der Waals surface area (Å²) in [6, 6.07) is 7.37. The molecule has 0 spiro atoms. The third kappa shape index (κ3) is 5.08. The van der Waals surface area contributed by atoms with E-state index in [0.717, 1.165) is 36.4 Å². The number of rotatable bonds is 5. The van der Waals surface area contributed by atoms with Gasteiger partial charge in [0, 0.05) is 17.8 Å². The van der Waals surface area contributed by atoms with Crippen LogP contribution in [0, 0.1) is 10.1 Å². The first-order valence-electron chi connectivity index (χ1n) is 6.70. The Labute approximate surface area is 144 Å². The fraction of sp³-hybridized carbons (Fsp3) is 0.133. The minimum Gasteiger partial charge on any atom is -0.482 e. The van der Waals surface area contributed by atoms with E-state index < -0.39 is 29.2 Å². The standard InChI is InChI=1S/C15H10ClF3N2O4/c16-12-7-11(21(23)24)5-6-13(12)25-8-14(22)20-10-3-1-9(2-4-10)15(17,18)19/h1-7H,8H2,(H,20,22). The number of hydrogen-bond acceptors (Lipinski definition) is 4. The number of alkyl halides is 3. The number of anilines is 1. The number of hydrogen-bond donors (Lipinski definition) is 1. The van der Waals surface area contributed by atoms with E-state index in [2.05, 4.69) is 5.32 Å². The highest BCUT2D eigenvalue weighted by molar-refractivity contribution is 6.32. The first-order valence-corrected chi connectivity index (χ1v) is 7.08. The van der Waals surface area contributed by atoms with Gasteiger partial charge in [-0.05, 0) is 30.3 Å². The zero-order valence-electron chi connectivity index (χ0n) is 12.3. The normalized spacial score (nSPS) is 11.0. The second kappa shape index (κ2) is 7.39. The lowest BCUT2D eigenvalue weighted by molar-refractivity contribution is -0.384. The molecule has 0 radical (unpaired) electrons. The zero-order chi connectivity index (χ0) is 18.6. The highest BCUT2D eigenvalue weighted by atomic mass is 35.5. The predicted molar refractivity (Wildman–Crippen MR) is 83.7 cm³/mol. The molecule has 6 nitrogen and oxygen atoms in total. The van der Waals surface area contributed by atoms with Crippen LogP contribution in [0.4, 0.5) is 24.5 Å². The SMILES string of the molecule is O=C(COc1ccc([N+](=O)[O-])cc1Cl)Nc1ccc(C(F)(F)F)cc1. The van der Waals surface area contributed by atoms with E-state index in [1.807, 2.05) is 0 Å². The Morgan fingerprint density at radius 3 is 2.36 bits per heavy atom. The van der Waals surface area contributed by atoms with Crippen molar-refractivity contribution >= 4 is 28.9 Å². The number of benzene rings is 2. The molecule has 0 aliphatic heterocycles. The van der Waals surface area contributed by atoms with Crippen molar-refractivity contribution in [3.8, 4) is 5.75 Å². The van der Waals surface area contributed by atoms with Crippen molar-refractivity contribution in [1.82, 2.24) is 0 Å². The highest BCUT2D eigenvalue weighted by Gasteiger charge is 2.29. The first-order chi connectivity index (χ1) is 11.7. The van der Waals surface area contributed by atoms with Crippen molar-refractivity contribution in [1.29, 1.82) is 0 Å². The number of amides is 1. The Hall–Kier alpha value is -2.81. The Balaban J connectivity index is 1.94. The number of nitro benzene ring substituents is 1. The maximum Gasteiger partial charge on any atom is 0.416 e. The van der Waals surface area contributed by atoms with Crippen molar-refractivity contribution < 1.29 is 27.6 Å².